The van der Waals surface area contributed by atoms with E-state index in [1.54, 1.807) is 16.8 Å². The molecule has 0 unspecified atom stereocenters. The minimum absolute atomic E-state index is 0. The van der Waals surface area contributed by atoms with E-state index in [2.05, 4.69) is 15.1 Å². The SMILES string of the molecule is C.CC(C)(C)OC(=O)N1CCN(CC=O)CC1.CC(C)[C@@H](C(=O)OCc1ccccc1)N(C)CCN1CCN(C(=O)OC(C)(C)C)CC1.CN[C@H](C(=O)OCc1ccccc1)C(C)C.Cl. The van der Waals surface area contributed by atoms with E-state index in [9.17, 15) is 24.0 Å². The highest BCUT2D eigenvalue weighted by molar-refractivity contribution is 5.85. The first kappa shape index (κ1) is 60.7. The van der Waals surface area contributed by atoms with E-state index in [0.717, 1.165) is 56.7 Å². The molecule has 1 N–H and O–H groups in total. The summed E-state index contributed by atoms with van der Waals surface area (Å²) < 4.78 is 21.6. The van der Waals surface area contributed by atoms with Crippen LogP contribution in [0.15, 0.2) is 60.7 Å². The molecule has 15 nitrogen and oxygen atoms in total. The van der Waals surface area contributed by atoms with Crippen LogP contribution >= 0.6 is 12.4 Å². The van der Waals surface area contributed by atoms with E-state index in [1.165, 1.54) is 0 Å². The van der Waals surface area contributed by atoms with Crippen LogP contribution in [0, 0.1) is 11.8 Å². The second kappa shape index (κ2) is 30.8. The van der Waals surface area contributed by atoms with Gasteiger partial charge in [0.1, 0.15) is 42.8 Å². The molecule has 0 aliphatic carbocycles. The van der Waals surface area contributed by atoms with Crippen LogP contribution in [0.3, 0.4) is 0 Å². The number of aldehydes is 1. The number of nitrogens with zero attached hydrogens (tertiary/aromatic N) is 5. The van der Waals surface area contributed by atoms with Gasteiger partial charge in [-0.25, -0.2) is 9.59 Å². The summed E-state index contributed by atoms with van der Waals surface area (Å²) in [6.45, 7) is 27.6. The Bertz CT molecular complexity index is 1640. The zero-order valence-electron chi connectivity index (χ0n) is 40.7. The van der Waals surface area contributed by atoms with E-state index in [-0.39, 0.29) is 67.9 Å². The molecule has 0 bridgehead atoms. The molecule has 370 valence electrons. The lowest BCUT2D eigenvalue weighted by Crippen LogP contribution is -2.52. The number of carbonyl (C=O) groups is 5. The normalized spacial score (nSPS) is 15.4. The zero-order chi connectivity index (χ0) is 47.2. The molecule has 16 heteroatoms. The van der Waals surface area contributed by atoms with Crippen molar-refractivity contribution in [1.29, 1.82) is 0 Å². The van der Waals surface area contributed by atoms with Crippen LogP contribution in [-0.2, 0) is 46.5 Å². The van der Waals surface area contributed by atoms with Gasteiger partial charge >= 0.3 is 24.1 Å². The van der Waals surface area contributed by atoms with E-state index in [0.29, 0.717) is 45.9 Å². The Morgan fingerprint density at radius 3 is 1.42 bits per heavy atom. The van der Waals surface area contributed by atoms with E-state index in [1.807, 2.05) is 142 Å². The first-order chi connectivity index (χ1) is 29.6. The molecule has 0 saturated carbocycles. The first-order valence-electron chi connectivity index (χ1n) is 22.3. The summed E-state index contributed by atoms with van der Waals surface area (Å²) in [7, 11) is 3.75. The second-order valence-electron chi connectivity index (χ2n) is 18.6. The number of esters is 2. The molecule has 2 saturated heterocycles. The van der Waals surface area contributed by atoms with Crippen molar-refractivity contribution in [3.63, 3.8) is 0 Å². The lowest BCUT2D eigenvalue weighted by molar-refractivity contribution is -0.153. The molecule has 0 spiro atoms. The molecule has 2 amide bonds. The second-order valence-corrected chi connectivity index (χ2v) is 18.6. The third kappa shape index (κ3) is 24.7. The van der Waals surface area contributed by atoms with Crippen molar-refractivity contribution >= 4 is 42.8 Å². The van der Waals surface area contributed by atoms with Crippen LogP contribution in [0.5, 0.6) is 0 Å². The maximum absolute atomic E-state index is 12.7. The number of benzene rings is 2. The van der Waals surface area contributed by atoms with Gasteiger partial charge in [0.25, 0.3) is 0 Å². The Morgan fingerprint density at radius 2 is 1.06 bits per heavy atom. The van der Waals surface area contributed by atoms with Crippen LogP contribution in [0.1, 0.15) is 87.8 Å². The van der Waals surface area contributed by atoms with Gasteiger partial charge in [-0.1, -0.05) is 95.8 Å². The number of amides is 2. The van der Waals surface area contributed by atoms with Crippen molar-refractivity contribution in [1.82, 2.24) is 29.8 Å². The molecular formula is C49H83ClN6O9. The topological polar surface area (TPSA) is 150 Å². The number of likely N-dealkylation sites (N-methyl/N-ethyl adjacent to an activating group) is 2. The molecule has 2 aliphatic rings. The summed E-state index contributed by atoms with van der Waals surface area (Å²) in [5.41, 5.74) is 1.08. The lowest BCUT2D eigenvalue weighted by Gasteiger charge is -2.37. The molecule has 2 aliphatic heterocycles. The average Bonchev–Trinajstić information content (AvgIpc) is 3.22. The summed E-state index contributed by atoms with van der Waals surface area (Å²) in [6, 6.07) is 18.9. The predicted octanol–water partition coefficient (Wildman–Crippen LogP) is 7.01. The van der Waals surface area contributed by atoms with E-state index >= 15 is 0 Å². The van der Waals surface area contributed by atoms with Crippen LogP contribution in [0.2, 0.25) is 0 Å². The number of hydrogen-bond donors (Lipinski definition) is 1. The van der Waals surface area contributed by atoms with Gasteiger partial charge in [-0.05, 0) is 78.6 Å². The monoisotopic (exact) mass is 935 g/mol. The van der Waals surface area contributed by atoms with Crippen molar-refractivity contribution in [2.24, 2.45) is 11.8 Å². The summed E-state index contributed by atoms with van der Waals surface area (Å²) in [6.07, 6.45) is 0.381. The van der Waals surface area contributed by atoms with Gasteiger partial charge in [0.05, 0.1) is 6.54 Å². The molecule has 2 atom stereocenters. The van der Waals surface area contributed by atoms with Crippen LogP contribution in [0.25, 0.3) is 0 Å². The number of ether oxygens (including phenoxy) is 4. The molecular weight excluding hydrogens is 852 g/mol. The zero-order valence-corrected chi connectivity index (χ0v) is 41.5. The third-order valence-corrected chi connectivity index (χ3v) is 10.2. The first-order valence-corrected chi connectivity index (χ1v) is 22.3. The summed E-state index contributed by atoms with van der Waals surface area (Å²) in [5, 5.41) is 2.96. The highest BCUT2D eigenvalue weighted by Gasteiger charge is 2.30. The molecule has 0 aromatic heterocycles. The van der Waals surface area contributed by atoms with Gasteiger partial charge in [-0.3, -0.25) is 24.3 Å². The number of nitrogens with one attached hydrogen (secondary N) is 1. The summed E-state index contributed by atoms with van der Waals surface area (Å²) in [4.78, 5) is 68.6. The van der Waals surface area contributed by atoms with Crippen molar-refractivity contribution in [3.8, 4) is 0 Å². The third-order valence-electron chi connectivity index (χ3n) is 10.2. The number of halogens is 1. The van der Waals surface area contributed by atoms with Crippen LogP contribution in [0.4, 0.5) is 9.59 Å². The molecule has 0 radical (unpaired) electrons. The largest absolute Gasteiger partial charge is 0.460 e. The molecule has 4 rings (SSSR count). The highest BCUT2D eigenvalue weighted by Crippen LogP contribution is 2.16. The number of rotatable bonds is 15. The maximum atomic E-state index is 12.7. The number of hydrogen-bond acceptors (Lipinski definition) is 13. The fourth-order valence-corrected chi connectivity index (χ4v) is 6.78. The summed E-state index contributed by atoms with van der Waals surface area (Å²) >= 11 is 0. The van der Waals surface area contributed by atoms with Gasteiger partial charge in [0.15, 0.2) is 0 Å². The maximum Gasteiger partial charge on any atom is 0.410 e. The van der Waals surface area contributed by atoms with Gasteiger partial charge in [0.2, 0.25) is 0 Å². The Hall–Kier alpha value is -4.28. The van der Waals surface area contributed by atoms with E-state index in [4.69, 9.17) is 18.9 Å². The van der Waals surface area contributed by atoms with Gasteiger partial charge in [-0.2, -0.15) is 0 Å². The molecule has 2 aromatic rings. The quantitative estimate of drug-likeness (QED) is 0.111. The van der Waals surface area contributed by atoms with Crippen molar-refractivity contribution < 1.29 is 42.9 Å². The van der Waals surface area contributed by atoms with Crippen molar-refractivity contribution in [2.75, 3.05) is 86.1 Å². The van der Waals surface area contributed by atoms with Crippen molar-refractivity contribution in [3.05, 3.63) is 71.8 Å². The highest BCUT2D eigenvalue weighted by atomic mass is 35.5. The average molecular weight is 936 g/mol. The number of carbonyl (C=O) groups excluding carboxylic acids is 5. The Kier molecular flexibility index (Phi) is 28.8. The molecule has 2 aromatic carbocycles. The molecule has 2 heterocycles. The minimum Gasteiger partial charge on any atom is -0.460 e. The number of piperazine rings is 2. The van der Waals surface area contributed by atoms with E-state index < -0.39 is 11.2 Å². The van der Waals surface area contributed by atoms with Crippen LogP contribution in [-0.4, -0.2) is 164 Å². The fourth-order valence-electron chi connectivity index (χ4n) is 6.78. The summed E-state index contributed by atoms with van der Waals surface area (Å²) in [5.74, 6) is 0.00279. The standard InChI is InChI=1S/C24H39N3O4.C13H19NO2.C11H20N2O3.CH4.ClH/c1-19(2)21(22(28)30-18-20-10-8-7-9-11-20)25(6)12-13-26-14-16-27(17-15-26)23(29)31-24(3,4)5;1-10(2)12(14-3)13(15)16-9-11-7-5-4-6-8-11;1-11(2,3)16-10(15)13-6-4-12(5-7-13)8-9-14;;/h7-11,19,21H,12-18H2,1-6H3;4-8,10,12,14H,9H2,1-3H3;9H,4-8H2,1-3H3;1H4;1H/t21-;12-;;;/m00.../s1. The minimum atomic E-state index is -0.474. The van der Waals surface area contributed by atoms with Crippen molar-refractivity contribution in [2.45, 2.75) is 113 Å². The molecule has 2 fully saturated rings. The lowest BCUT2D eigenvalue weighted by atomic mass is 10.0. The van der Waals surface area contributed by atoms with Gasteiger partial charge < -0.3 is 38.9 Å². The molecule has 65 heavy (non-hydrogen) atoms. The van der Waals surface area contributed by atoms with Gasteiger partial charge in [0, 0.05) is 65.4 Å². The van der Waals surface area contributed by atoms with Gasteiger partial charge in [-0.15, -0.1) is 12.4 Å². The predicted molar refractivity (Wildman–Crippen MR) is 260 cm³/mol. The van der Waals surface area contributed by atoms with Crippen LogP contribution < -0.4 is 5.32 Å². The smallest absolute Gasteiger partial charge is 0.410 e. The Balaban J connectivity index is 0.00000102. The Morgan fingerprint density at radius 1 is 0.662 bits per heavy atom. The fraction of sp³-hybridized carbons (Fsp3) is 0.653. The Labute approximate surface area is 397 Å².